The van der Waals surface area contributed by atoms with Crippen LogP contribution in [0.1, 0.15) is 5.01 Å². The molecule has 9 heteroatoms. The highest BCUT2D eigenvalue weighted by atomic mass is 32.1. The Morgan fingerprint density at radius 2 is 2.11 bits per heavy atom. The number of carboxylic acid groups (broad SMARTS) is 1. The number of carboxylic acids is 1. The Hall–Kier alpha value is -1.38. The lowest BCUT2D eigenvalue weighted by Gasteiger charge is -2.17. The van der Waals surface area contributed by atoms with Gasteiger partial charge in [0.25, 0.3) is 0 Å². The minimum atomic E-state index is -4.52. The van der Waals surface area contributed by atoms with Gasteiger partial charge in [0, 0.05) is 13.1 Å². The normalized spacial score (nSPS) is 24.6. The highest BCUT2D eigenvalue weighted by molar-refractivity contribution is 7.15. The lowest BCUT2D eigenvalue weighted by molar-refractivity contribution is -0.187. The number of nitrogens with zero attached hydrogens (tertiary/aromatic N) is 3. The molecule has 1 N–H and O–H groups in total. The molecule has 2 heterocycles. The van der Waals surface area contributed by atoms with E-state index in [9.17, 15) is 18.0 Å². The summed E-state index contributed by atoms with van der Waals surface area (Å²) in [7, 11) is 0. The van der Waals surface area contributed by atoms with E-state index in [1.165, 1.54) is 4.90 Å². The van der Waals surface area contributed by atoms with Crippen LogP contribution >= 0.6 is 11.3 Å². The van der Waals surface area contributed by atoms with E-state index in [0.29, 0.717) is 10.1 Å². The molecule has 0 amide bonds. The Morgan fingerprint density at radius 1 is 1.44 bits per heavy atom. The van der Waals surface area contributed by atoms with E-state index in [2.05, 4.69) is 10.2 Å². The zero-order valence-electron chi connectivity index (χ0n) is 9.31. The first kappa shape index (κ1) is 13.1. The first-order valence-corrected chi connectivity index (χ1v) is 5.95. The summed E-state index contributed by atoms with van der Waals surface area (Å²) in [5, 5.41) is 17.3. The Kier molecular flexibility index (Phi) is 3.18. The molecule has 2 atom stereocenters. The zero-order chi connectivity index (χ0) is 13.5. The number of hydrogen-bond donors (Lipinski definition) is 1. The maximum atomic E-state index is 12.7. The number of aromatic nitrogens is 2. The van der Waals surface area contributed by atoms with Gasteiger partial charge < -0.3 is 10.0 Å². The molecule has 18 heavy (non-hydrogen) atoms. The molecule has 1 aliphatic heterocycles. The van der Waals surface area contributed by atoms with Gasteiger partial charge in [-0.25, -0.2) is 0 Å². The van der Waals surface area contributed by atoms with E-state index in [4.69, 9.17) is 5.11 Å². The number of aryl methyl sites for hydroxylation is 1. The molecular formula is C9H10F3N3O2S. The van der Waals surface area contributed by atoms with Gasteiger partial charge in [-0.3, -0.25) is 4.79 Å². The van der Waals surface area contributed by atoms with Crippen molar-refractivity contribution in [1.29, 1.82) is 0 Å². The van der Waals surface area contributed by atoms with Crippen molar-refractivity contribution in [3.05, 3.63) is 5.01 Å². The van der Waals surface area contributed by atoms with Crippen LogP contribution in [0.5, 0.6) is 0 Å². The summed E-state index contributed by atoms with van der Waals surface area (Å²) in [4.78, 5) is 12.2. The summed E-state index contributed by atoms with van der Waals surface area (Å²) in [5.41, 5.74) is 0. The molecule has 0 radical (unpaired) electrons. The summed E-state index contributed by atoms with van der Waals surface area (Å²) in [5.74, 6) is -4.74. The average molecular weight is 281 g/mol. The maximum absolute atomic E-state index is 12.7. The van der Waals surface area contributed by atoms with Gasteiger partial charge >= 0.3 is 12.1 Å². The molecule has 0 bridgehead atoms. The van der Waals surface area contributed by atoms with Crippen molar-refractivity contribution in [3.8, 4) is 0 Å². The van der Waals surface area contributed by atoms with Crippen LogP contribution in [0.3, 0.4) is 0 Å². The third-order valence-corrected chi connectivity index (χ3v) is 3.74. The van der Waals surface area contributed by atoms with Crippen molar-refractivity contribution < 1.29 is 23.1 Å². The summed E-state index contributed by atoms with van der Waals surface area (Å²) in [6.07, 6.45) is -4.52. The van der Waals surface area contributed by atoms with Gasteiger partial charge in [0.2, 0.25) is 5.13 Å². The summed E-state index contributed by atoms with van der Waals surface area (Å²) >= 11 is 1.15. The minimum Gasteiger partial charge on any atom is -0.481 e. The van der Waals surface area contributed by atoms with E-state index in [0.717, 1.165) is 11.3 Å². The smallest absolute Gasteiger partial charge is 0.394 e. The van der Waals surface area contributed by atoms with Crippen LogP contribution in [-0.4, -0.2) is 40.5 Å². The fourth-order valence-electron chi connectivity index (χ4n) is 1.96. The highest BCUT2D eigenvalue weighted by Gasteiger charge is 2.53. The van der Waals surface area contributed by atoms with Crippen molar-refractivity contribution in [2.45, 2.75) is 13.1 Å². The number of halogens is 3. The van der Waals surface area contributed by atoms with Gasteiger partial charge in [0.05, 0.1) is 11.8 Å². The van der Waals surface area contributed by atoms with Gasteiger partial charge in [-0.1, -0.05) is 11.3 Å². The Balaban J connectivity index is 2.22. The summed E-state index contributed by atoms with van der Waals surface area (Å²) in [6.45, 7) is 1.12. The number of rotatable bonds is 2. The number of alkyl halides is 3. The molecule has 5 nitrogen and oxygen atoms in total. The van der Waals surface area contributed by atoms with Crippen LogP contribution in [0.15, 0.2) is 0 Å². The largest absolute Gasteiger partial charge is 0.481 e. The fourth-order valence-corrected chi connectivity index (χ4v) is 2.66. The summed E-state index contributed by atoms with van der Waals surface area (Å²) < 4.78 is 38.2. The van der Waals surface area contributed by atoms with Gasteiger partial charge in [-0.2, -0.15) is 13.2 Å². The minimum absolute atomic E-state index is 0.186. The predicted octanol–water partition coefficient (Wildman–Crippen LogP) is 1.55. The van der Waals surface area contributed by atoms with E-state index in [1.54, 1.807) is 6.92 Å². The van der Waals surface area contributed by atoms with Crippen LogP contribution < -0.4 is 4.90 Å². The van der Waals surface area contributed by atoms with Crippen molar-refractivity contribution in [2.75, 3.05) is 18.0 Å². The quantitative estimate of drug-likeness (QED) is 0.890. The first-order valence-electron chi connectivity index (χ1n) is 5.13. The molecule has 1 aromatic rings. The molecule has 2 rings (SSSR count). The fraction of sp³-hybridized carbons (Fsp3) is 0.667. The number of anilines is 1. The van der Waals surface area contributed by atoms with Crippen LogP contribution in [0.4, 0.5) is 18.3 Å². The predicted molar refractivity (Wildman–Crippen MR) is 57.5 cm³/mol. The second-order valence-electron chi connectivity index (χ2n) is 4.10. The van der Waals surface area contributed by atoms with Crippen molar-refractivity contribution in [1.82, 2.24) is 10.2 Å². The lowest BCUT2D eigenvalue weighted by Crippen LogP contribution is -2.33. The molecule has 0 saturated carbocycles. The molecule has 0 aromatic carbocycles. The first-order chi connectivity index (χ1) is 8.29. The molecule has 0 aliphatic carbocycles. The Labute approximate surface area is 104 Å². The zero-order valence-corrected chi connectivity index (χ0v) is 10.1. The van der Waals surface area contributed by atoms with Crippen molar-refractivity contribution >= 4 is 22.4 Å². The number of carbonyl (C=O) groups is 1. The van der Waals surface area contributed by atoms with E-state index < -0.39 is 24.0 Å². The monoisotopic (exact) mass is 281 g/mol. The maximum Gasteiger partial charge on any atom is 0.394 e. The molecule has 100 valence electrons. The second kappa shape index (κ2) is 4.38. The molecule has 1 saturated heterocycles. The van der Waals surface area contributed by atoms with Gasteiger partial charge in [0.15, 0.2) is 0 Å². The van der Waals surface area contributed by atoms with Crippen LogP contribution in [-0.2, 0) is 4.79 Å². The van der Waals surface area contributed by atoms with Crippen LogP contribution in [0.2, 0.25) is 0 Å². The van der Waals surface area contributed by atoms with E-state index >= 15 is 0 Å². The Bertz CT molecular complexity index is 462. The standard InChI is InChI=1S/C9H10F3N3O2S/c1-4-13-14-8(18-4)15-2-5(7(16)17)6(3-15)9(10,11)12/h5-6H,2-3H2,1H3,(H,16,17)/t5-,6-/m1/s1. The van der Waals surface area contributed by atoms with Crippen LogP contribution in [0.25, 0.3) is 0 Å². The molecule has 1 fully saturated rings. The van der Waals surface area contributed by atoms with Gasteiger partial charge in [-0.05, 0) is 6.92 Å². The average Bonchev–Trinajstić information content (AvgIpc) is 2.81. The van der Waals surface area contributed by atoms with Gasteiger partial charge in [-0.15, -0.1) is 10.2 Å². The second-order valence-corrected chi connectivity index (χ2v) is 5.26. The van der Waals surface area contributed by atoms with Crippen LogP contribution in [0, 0.1) is 18.8 Å². The summed E-state index contributed by atoms with van der Waals surface area (Å²) in [6, 6.07) is 0. The SMILES string of the molecule is Cc1nnc(N2C[C@@H](C(F)(F)F)[C@H](C(=O)O)C2)s1. The lowest BCUT2D eigenvalue weighted by atomic mass is 9.96. The Morgan fingerprint density at radius 3 is 2.50 bits per heavy atom. The van der Waals surface area contributed by atoms with E-state index in [1.807, 2.05) is 0 Å². The van der Waals surface area contributed by atoms with Crippen molar-refractivity contribution in [3.63, 3.8) is 0 Å². The molecule has 0 unspecified atom stereocenters. The highest BCUT2D eigenvalue weighted by Crippen LogP contribution is 2.39. The molecule has 0 spiro atoms. The number of aliphatic carboxylic acids is 1. The van der Waals surface area contributed by atoms with Crippen molar-refractivity contribution in [2.24, 2.45) is 11.8 Å². The molecular weight excluding hydrogens is 271 g/mol. The molecule has 1 aromatic heterocycles. The topological polar surface area (TPSA) is 66.3 Å². The third-order valence-electron chi connectivity index (χ3n) is 2.84. The van der Waals surface area contributed by atoms with E-state index in [-0.39, 0.29) is 13.1 Å². The van der Waals surface area contributed by atoms with Gasteiger partial charge in [0.1, 0.15) is 5.01 Å². The number of hydrogen-bond acceptors (Lipinski definition) is 5. The third kappa shape index (κ3) is 2.40. The molecule has 1 aliphatic rings.